The molecule has 4 fully saturated rings. The van der Waals surface area contributed by atoms with Crippen molar-refractivity contribution >= 4 is 5.91 Å². The molecule has 116 valence electrons. The normalized spacial score (nSPS) is 41.6. The number of rotatable bonds is 4. The highest BCUT2D eigenvalue weighted by atomic mass is 16.3. The van der Waals surface area contributed by atoms with Gasteiger partial charge in [-0.15, -0.1) is 0 Å². The SMILES string of the molecule is CCN(CC#N)C(=O)C(N)C12CC3CC(CC(O)(C3)C1)C2. The molecule has 4 aliphatic rings. The fraction of sp³-hybridized carbons (Fsp3) is 0.875. The van der Waals surface area contributed by atoms with Crippen LogP contribution in [0.3, 0.4) is 0 Å². The van der Waals surface area contributed by atoms with Crippen molar-refractivity contribution in [2.75, 3.05) is 13.1 Å². The first kappa shape index (κ1) is 14.8. The highest BCUT2D eigenvalue weighted by Gasteiger charge is 2.60. The van der Waals surface area contributed by atoms with E-state index in [-0.39, 0.29) is 17.9 Å². The summed E-state index contributed by atoms with van der Waals surface area (Å²) in [5, 5.41) is 19.6. The standard InChI is InChI=1S/C16H25N3O2/c1-2-19(4-3-17)14(20)13(18)15-6-11-5-12(7-15)9-16(21,8-11)10-15/h11-13,21H,2,4-10,18H2,1H3. The van der Waals surface area contributed by atoms with Gasteiger partial charge < -0.3 is 15.7 Å². The third-order valence-electron chi connectivity index (χ3n) is 5.96. The molecule has 4 bridgehead atoms. The summed E-state index contributed by atoms with van der Waals surface area (Å²) >= 11 is 0. The van der Waals surface area contributed by atoms with Crippen molar-refractivity contribution < 1.29 is 9.90 Å². The smallest absolute Gasteiger partial charge is 0.240 e. The Bertz CT molecular complexity index is 470. The molecule has 1 amide bonds. The lowest BCUT2D eigenvalue weighted by Gasteiger charge is -2.61. The number of likely N-dealkylation sites (N-methyl/N-ethyl adjacent to an activating group) is 1. The minimum atomic E-state index is -0.603. The fourth-order valence-corrected chi connectivity index (χ4v) is 5.54. The molecule has 21 heavy (non-hydrogen) atoms. The van der Waals surface area contributed by atoms with Crippen molar-refractivity contribution in [2.45, 2.75) is 57.1 Å². The van der Waals surface area contributed by atoms with Crippen molar-refractivity contribution in [3.8, 4) is 6.07 Å². The predicted octanol–water partition coefficient (Wildman–Crippen LogP) is 1.02. The van der Waals surface area contributed by atoms with Crippen molar-refractivity contribution in [1.82, 2.24) is 4.90 Å². The molecule has 4 aliphatic carbocycles. The lowest BCUT2D eigenvalue weighted by molar-refractivity contribution is -0.176. The van der Waals surface area contributed by atoms with Crippen LogP contribution in [0.5, 0.6) is 0 Å². The van der Waals surface area contributed by atoms with Crippen LogP contribution in [-0.4, -0.2) is 40.6 Å². The Labute approximate surface area is 126 Å². The van der Waals surface area contributed by atoms with Crippen LogP contribution in [0, 0.1) is 28.6 Å². The van der Waals surface area contributed by atoms with Crippen LogP contribution in [0.15, 0.2) is 0 Å². The maximum atomic E-state index is 12.7. The number of nitriles is 1. The number of nitrogens with two attached hydrogens (primary N) is 1. The van der Waals surface area contributed by atoms with Gasteiger partial charge in [-0.1, -0.05) is 0 Å². The van der Waals surface area contributed by atoms with E-state index in [1.54, 1.807) is 0 Å². The largest absolute Gasteiger partial charge is 0.390 e. The van der Waals surface area contributed by atoms with Crippen molar-refractivity contribution in [1.29, 1.82) is 5.26 Å². The van der Waals surface area contributed by atoms with Crippen LogP contribution >= 0.6 is 0 Å². The van der Waals surface area contributed by atoms with Gasteiger partial charge in [-0.2, -0.15) is 5.26 Å². The molecule has 0 aromatic heterocycles. The highest BCUT2D eigenvalue weighted by Crippen LogP contribution is 2.62. The molecule has 0 aromatic rings. The first-order chi connectivity index (χ1) is 9.91. The second-order valence-corrected chi connectivity index (χ2v) is 7.54. The van der Waals surface area contributed by atoms with Crippen molar-refractivity contribution in [3.05, 3.63) is 0 Å². The second kappa shape index (κ2) is 4.96. The Balaban J connectivity index is 1.82. The number of carbonyl (C=O) groups is 1. The molecular weight excluding hydrogens is 266 g/mol. The number of carbonyl (C=O) groups excluding carboxylic acids is 1. The summed E-state index contributed by atoms with van der Waals surface area (Å²) in [6.45, 7) is 2.47. The van der Waals surface area contributed by atoms with Crippen LogP contribution in [0.2, 0.25) is 0 Å². The molecule has 3 unspecified atom stereocenters. The molecule has 3 atom stereocenters. The summed E-state index contributed by atoms with van der Waals surface area (Å²) in [7, 11) is 0. The highest BCUT2D eigenvalue weighted by molar-refractivity contribution is 5.83. The summed E-state index contributed by atoms with van der Waals surface area (Å²) in [6, 6.07) is 1.46. The topological polar surface area (TPSA) is 90.4 Å². The molecule has 0 aliphatic heterocycles. The molecule has 0 saturated heterocycles. The Morgan fingerprint density at radius 2 is 2.05 bits per heavy atom. The molecule has 3 N–H and O–H groups in total. The molecule has 4 rings (SSSR count). The summed E-state index contributed by atoms with van der Waals surface area (Å²) < 4.78 is 0. The van der Waals surface area contributed by atoms with Gasteiger partial charge in [0.25, 0.3) is 0 Å². The van der Waals surface area contributed by atoms with Gasteiger partial charge >= 0.3 is 0 Å². The average Bonchev–Trinajstić information content (AvgIpc) is 2.40. The second-order valence-electron chi connectivity index (χ2n) is 7.54. The Kier molecular flexibility index (Phi) is 3.50. The maximum Gasteiger partial charge on any atom is 0.240 e. The van der Waals surface area contributed by atoms with Gasteiger partial charge in [-0.05, 0) is 62.7 Å². The molecule has 0 radical (unpaired) electrons. The van der Waals surface area contributed by atoms with Crippen LogP contribution < -0.4 is 5.73 Å². The van der Waals surface area contributed by atoms with E-state index in [0.717, 1.165) is 25.7 Å². The number of hydrogen-bond acceptors (Lipinski definition) is 4. The van der Waals surface area contributed by atoms with Gasteiger partial charge in [-0.25, -0.2) is 0 Å². The van der Waals surface area contributed by atoms with E-state index in [4.69, 9.17) is 11.0 Å². The molecule has 5 heteroatoms. The van der Waals surface area contributed by atoms with Gasteiger partial charge in [-0.3, -0.25) is 4.79 Å². The average molecular weight is 291 g/mol. The lowest BCUT2D eigenvalue weighted by atomic mass is 9.46. The molecule has 4 saturated carbocycles. The third-order valence-corrected chi connectivity index (χ3v) is 5.96. The van der Waals surface area contributed by atoms with E-state index < -0.39 is 11.6 Å². The van der Waals surface area contributed by atoms with Gasteiger partial charge in [0.05, 0.1) is 17.7 Å². The Hall–Kier alpha value is -1.12. The fourth-order valence-electron chi connectivity index (χ4n) is 5.54. The minimum absolute atomic E-state index is 0.0935. The van der Waals surface area contributed by atoms with Crippen LogP contribution in [0.4, 0.5) is 0 Å². The zero-order valence-corrected chi connectivity index (χ0v) is 12.7. The van der Waals surface area contributed by atoms with Crippen molar-refractivity contribution in [3.63, 3.8) is 0 Å². The summed E-state index contributed by atoms with van der Waals surface area (Å²) in [5.74, 6) is 0.909. The number of aliphatic hydroxyl groups is 1. The van der Waals surface area contributed by atoms with Gasteiger partial charge in [0, 0.05) is 6.54 Å². The third kappa shape index (κ3) is 2.35. The van der Waals surface area contributed by atoms with Gasteiger partial charge in [0.2, 0.25) is 5.91 Å². The van der Waals surface area contributed by atoms with Crippen LogP contribution in [-0.2, 0) is 4.79 Å². The quantitative estimate of drug-likeness (QED) is 0.757. The number of nitrogens with zero attached hydrogens (tertiary/aromatic N) is 2. The molecule has 0 heterocycles. The van der Waals surface area contributed by atoms with E-state index in [2.05, 4.69) is 0 Å². The monoisotopic (exact) mass is 291 g/mol. The van der Waals surface area contributed by atoms with Gasteiger partial charge in [0.15, 0.2) is 0 Å². The lowest BCUT2D eigenvalue weighted by Crippen LogP contribution is -2.64. The van der Waals surface area contributed by atoms with E-state index in [0.29, 0.717) is 24.8 Å². The first-order valence-corrected chi connectivity index (χ1v) is 8.05. The summed E-state index contributed by atoms with van der Waals surface area (Å²) in [4.78, 5) is 14.2. The Morgan fingerprint density at radius 1 is 1.43 bits per heavy atom. The van der Waals surface area contributed by atoms with E-state index >= 15 is 0 Å². The van der Waals surface area contributed by atoms with E-state index in [1.807, 2.05) is 13.0 Å². The van der Waals surface area contributed by atoms with Crippen LogP contribution in [0.1, 0.15) is 45.4 Å². The van der Waals surface area contributed by atoms with E-state index in [1.165, 1.54) is 11.3 Å². The predicted molar refractivity (Wildman–Crippen MR) is 77.9 cm³/mol. The number of amides is 1. The Morgan fingerprint density at radius 3 is 2.52 bits per heavy atom. The minimum Gasteiger partial charge on any atom is -0.390 e. The van der Waals surface area contributed by atoms with Gasteiger partial charge in [0.1, 0.15) is 6.54 Å². The number of hydrogen-bond donors (Lipinski definition) is 2. The molecule has 5 nitrogen and oxygen atoms in total. The molecule has 0 aromatic carbocycles. The zero-order valence-electron chi connectivity index (χ0n) is 12.7. The summed E-state index contributed by atoms with van der Waals surface area (Å²) in [6.07, 6.45) is 5.51. The summed E-state index contributed by atoms with van der Waals surface area (Å²) in [5.41, 5.74) is 5.52. The molecule has 0 spiro atoms. The zero-order chi connectivity index (χ0) is 15.3. The first-order valence-electron chi connectivity index (χ1n) is 8.05. The van der Waals surface area contributed by atoms with Crippen LogP contribution in [0.25, 0.3) is 0 Å². The van der Waals surface area contributed by atoms with Crippen molar-refractivity contribution in [2.24, 2.45) is 23.0 Å². The van der Waals surface area contributed by atoms with E-state index in [9.17, 15) is 9.90 Å². The maximum absolute atomic E-state index is 12.7. The molecular formula is C16H25N3O2.